The third-order valence-corrected chi connectivity index (χ3v) is 5.60. The zero-order valence-corrected chi connectivity index (χ0v) is 17.2. The summed E-state index contributed by atoms with van der Waals surface area (Å²) in [5, 5.41) is 8.26. The fraction of sp³-hybridized carbons (Fsp3) is 0.524. The van der Waals surface area contributed by atoms with Gasteiger partial charge < -0.3 is 10.2 Å². The average molecular weight is 389 g/mol. The summed E-state index contributed by atoms with van der Waals surface area (Å²) >= 11 is 5.99. The van der Waals surface area contributed by atoms with Gasteiger partial charge in [-0.25, -0.2) is 4.68 Å². The summed E-state index contributed by atoms with van der Waals surface area (Å²) in [5.41, 5.74) is 2.49. The van der Waals surface area contributed by atoms with E-state index in [4.69, 9.17) is 11.6 Å². The molecule has 0 spiro atoms. The number of piperidine rings is 1. The molecule has 1 aliphatic rings. The molecule has 0 unspecified atom stereocenters. The Hall–Kier alpha value is -1.85. The van der Waals surface area contributed by atoms with Crippen molar-refractivity contribution in [3.8, 4) is 5.69 Å². The van der Waals surface area contributed by atoms with Gasteiger partial charge in [-0.1, -0.05) is 25.4 Å². The fourth-order valence-electron chi connectivity index (χ4n) is 3.71. The number of hydrogen-bond acceptors (Lipinski definition) is 3. The van der Waals surface area contributed by atoms with E-state index in [-0.39, 0.29) is 11.8 Å². The topological polar surface area (TPSA) is 50.2 Å². The van der Waals surface area contributed by atoms with Crippen molar-refractivity contribution in [3.63, 3.8) is 0 Å². The number of carbonyl (C=O) groups is 1. The zero-order valence-electron chi connectivity index (χ0n) is 16.4. The van der Waals surface area contributed by atoms with Crippen LogP contribution in [0.2, 0.25) is 5.02 Å². The van der Waals surface area contributed by atoms with Gasteiger partial charge in [-0.2, -0.15) is 5.10 Å². The number of hydrogen-bond donors (Lipinski definition) is 1. The summed E-state index contributed by atoms with van der Waals surface area (Å²) < 4.78 is 1.84. The molecule has 1 saturated heterocycles. The Kier molecular flexibility index (Phi) is 6.55. The second kappa shape index (κ2) is 8.89. The summed E-state index contributed by atoms with van der Waals surface area (Å²) in [7, 11) is 2.17. The van der Waals surface area contributed by atoms with Crippen molar-refractivity contribution in [3.05, 3.63) is 46.7 Å². The third kappa shape index (κ3) is 4.90. The van der Waals surface area contributed by atoms with E-state index in [0.29, 0.717) is 16.5 Å². The van der Waals surface area contributed by atoms with Crippen LogP contribution in [0.3, 0.4) is 0 Å². The number of carbonyl (C=O) groups excluding carboxylic acids is 1. The molecule has 5 nitrogen and oxygen atoms in total. The van der Waals surface area contributed by atoms with Crippen LogP contribution in [0.4, 0.5) is 0 Å². The number of likely N-dealkylation sites (tertiary alicyclic amines) is 1. The lowest BCUT2D eigenvalue weighted by atomic mass is 9.94. The molecular formula is C21H29ClN4O. The van der Waals surface area contributed by atoms with Crippen molar-refractivity contribution >= 4 is 17.5 Å². The van der Waals surface area contributed by atoms with Crippen LogP contribution in [-0.4, -0.2) is 47.3 Å². The van der Waals surface area contributed by atoms with Gasteiger partial charge in [0.1, 0.15) is 0 Å². The van der Waals surface area contributed by atoms with Gasteiger partial charge in [0, 0.05) is 11.6 Å². The van der Waals surface area contributed by atoms with Crippen LogP contribution in [0.25, 0.3) is 5.69 Å². The SMILES string of the molecule is CC(C)c1c(C(=O)NCCC2CCN(C)CC2)cnn1-c1ccc(Cl)cc1. The highest BCUT2D eigenvalue weighted by molar-refractivity contribution is 6.30. The molecule has 1 N–H and O–H groups in total. The number of nitrogens with zero attached hydrogens (tertiary/aromatic N) is 3. The molecule has 2 heterocycles. The molecule has 2 aromatic rings. The maximum Gasteiger partial charge on any atom is 0.254 e. The normalized spacial score (nSPS) is 16.0. The summed E-state index contributed by atoms with van der Waals surface area (Å²) in [6.07, 6.45) is 5.16. The first-order chi connectivity index (χ1) is 13.0. The van der Waals surface area contributed by atoms with E-state index in [1.165, 1.54) is 12.8 Å². The average Bonchev–Trinajstić information content (AvgIpc) is 3.09. The van der Waals surface area contributed by atoms with Crippen molar-refractivity contribution in [1.29, 1.82) is 0 Å². The van der Waals surface area contributed by atoms with E-state index in [0.717, 1.165) is 37.4 Å². The first kappa shape index (κ1) is 19.9. The fourth-order valence-corrected chi connectivity index (χ4v) is 3.84. The van der Waals surface area contributed by atoms with Crippen molar-refractivity contribution < 1.29 is 4.79 Å². The highest BCUT2D eigenvalue weighted by atomic mass is 35.5. The Bertz CT molecular complexity index is 761. The standard InChI is InChI=1S/C21H29ClN4O/c1-15(2)20-19(14-24-26(20)18-6-4-17(22)5-7-18)21(27)23-11-8-16-9-12-25(3)13-10-16/h4-7,14-16H,8-13H2,1-3H3,(H,23,27). The molecule has 146 valence electrons. The smallest absolute Gasteiger partial charge is 0.254 e. The largest absolute Gasteiger partial charge is 0.352 e. The Morgan fingerprint density at radius 3 is 2.56 bits per heavy atom. The summed E-state index contributed by atoms with van der Waals surface area (Å²) in [6, 6.07) is 7.51. The molecule has 6 heteroatoms. The zero-order chi connectivity index (χ0) is 19.4. The molecule has 3 rings (SSSR count). The second-order valence-electron chi connectivity index (χ2n) is 7.78. The van der Waals surface area contributed by atoms with Gasteiger partial charge >= 0.3 is 0 Å². The minimum atomic E-state index is -0.0353. The van der Waals surface area contributed by atoms with Crippen molar-refractivity contribution in [2.75, 3.05) is 26.7 Å². The highest BCUT2D eigenvalue weighted by Gasteiger charge is 2.21. The van der Waals surface area contributed by atoms with Gasteiger partial charge in [0.15, 0.2) is 0 Å². The Morgan fingerprint density at radius 2 is 1.93 bits per heavy atom. The maximum atomic E-state index is 12.8. The first-order valence-electron chi connectivity index (χ1n) is 9.76. The van der Waals surface area contributed by atoms with E-state index in [9.17, 15) is 4.79 Å². The molecule has 0 aliphatic carbocycles. The number of aromatic nitrogens is 2. The van der Waals surface area contributed by atoms with Gasteiger partial charge in [0.2, 0.25) is 0 Å². The van der Waals surface area contributed by atoms with Crippen LogP contribution in [-0.2, 0) is 0 Å². The monoisotopic (exact) mass is 388 g/mol. The molecule has 1 aromatic carbocycles. The number of benzene rings is 1. The summed E-state index contributed by atoms with van der Waals surface area (Å²) in [4.78, 5) is 15.1. The van der Waals surface area contributed by atoms with Crippen LogP contribution in [0, 0.1) is 5.92 Å². The minimum absolute atomic E-state index is 0.0353. The second-order valence-corrected chi connectivity index (χ2v) is 8.21. The molecule has 1 fully saturated rings. The minimum Gasteiger partial charge on any atom is -0.352 e. The van der Waals surface area contributed by atoms with Crippen LogP contribution >= 0.6 is 11.6 Å². The van der Waals surface area contributed by atoms with Crippen LogP contribution in [0.5, 0.6) is 0 Å². The van der Waals surface area contributed by atoms with Gasteiger partial charge in [-0.05, 0) is 75.5 Å². The lowest BCUT2D eigenvalue weighted by Crippen LogP contribution is -2.33. The van der Waals surface area contributed by atoms with Crippen molar-refractivity contribution in [1.82, 2.24) is 20.0 Å². The van der Waals surface area contributed by atoms with E-state index in [2.05, 4.69) is 36.2 Å². The van der Waals surface area contributed by atoms with Crippen LogP contribution in [0.15, 0.2) is 30.5 Å². The number of nitrogens with one attached hydrogen (secondary N) is 1. The molecule has 1 aliphatic heterocycles. The Labute approximate surface area is 166 Å². The summed E-state index contributed by atoms with van der Waals surface area (Å²) in [5.74, 6) is 0.854. The lowest BCUT2D eigenvalue weighted by Gasteiger charge is -2.28. The molecule has 27 heavy (non-hydrogen) atoms. The molecule has 0 atom stereocenters. The Morgan fingerprint density at radius 1 is 1.26 bits per heavy atom. The molecular weight excluding hydrogens is 360 g/mol. The molecule has 0 bridgehead atoms. The van der Waals surface area contributed by atoms with Gasteiger partial charge in [-0.15, -0.1) is 0 Å². The van der Waals surface area contributed by atoms with Gasteiger partial charge in [0.05, 0.1) is 23.1 Å². The number of halogens is 1. The van der Waals surface area contributed by atoms with Crippen LogP contribution in [0.1, 0.15) is 55.1 Å². The molecule has 1 amide bonds. The van der Waals surface area contributed by atoms with Crippen molar-refractivity contribution in [2.24, 2.45) is 5.92 Å². The van der Waals surface area contributed by atoms with E-state index in [1.54, 1.807) is 6.20 Å². The van der Waals surface area contributed by atoms with Crippen molar-refractivity contribution in [2.45, 2.75) is 39.0 Å². The van der Waals surface area contributed by atoms with E-state index >= 15 is 0 Å². The van der Waals surface area contributed by atoms with Gasteiger partial charge in [-0.3, -0.25) is 4.79 Å². The lowest BCUT2D eigenvalue weighted by molar-refractivity contribution is 0.0947. The Balaban J connectivity index is 1.66. The quantitative estimate of drug-likeness (QED) is 0.810. The highest BCUT2D eigenvalue weighted by Crippen LogP contribution is 2.24. The molecule has 1 aromatic heterocycles. The predicted molar refractivity (Wildman–Crippen MR) is 110 cm³/mol. The molecule has 0 radical (unpaired) electrons. The maximum absolute atomic E-state index is 12.8. The number of amides is 1. The predicted octanol–water partition coefficient (Wildman–Crippen LogP) is 4.11. The molecule has 0 saturated carbocycles. The van der Waals surface area contributed by atoms with E-state index in [1.807, 2.05) is 28.9 Å². The summed E-state index contributed by atoms with van der Waals surface area (Å²) in [6.45, 7) is 7.20. The van der Waals surface area contributed by atoms with Crippen LogP contribution < -0.4 is 5.32 Å². The third-order valence-electron chi connectivity index (χ3n) is 5.35. The van der Waals surface area contributed by atoms with E-state index < -0.39 is 0 Å². The van der Waals surface area contributed by atoms with Gasteiger partial charge in [0.25, 0.3) is 5.91 Å². The first-order valence-corrected chi connectivity index (χ1v) is 10.1. The number of rotatable bonds is 6.